The topological polar surface area (TPSA) is 43.1 Å². The third-order valence-corrected chi connectivity index (χ3v) is 4.35. The Kier molecular flexibility index (Phi) is 4.34. The van der Waals surface area contributed by atoms with Crippen LogP contribution in [-0.4, -0.2) is 19.6 Å². The van der Waals surface area contributed by atoms with E-state index in [1.165, 1.54) is 0 Å². The van der Waals surface area contributed by atoms with Crippen LogP contribution in [0.5, 0.6) is 0 Å². The van der Waals surface area contributed by atoms with E-state index in [1.807, 2.05) is 48.5 Å². The van der Waals surface area contributed by atoms with Crippen LogP contribution in [0.2, 0.25) is 5.02 Å². The molecule has 0 bridgehead atoms. The summed E-state index contributed by atoms with van der Waals surface area (Å²) >= 11 is 18.0. The summed E-state index contributed by atoms with van der Waals surface area (Å²) in [5, 5.41) is 5.30. The Morgan fingerprint density at radius 1 is 0.840 bits per heavy atom. The molecule has 2 aromatic carbocycles. The van der Waals surface area contributed by atoms with E-state index in [0.29, 0.717) is 22.3 Å². The first-order chi connectivity index (χ1) is 12.1. The summed E-state index contributed by atoms with van der Waals surface area (Å²) < 4.78 is 1.69. The highest BCUT2D eigenvalue weighted by Gasteiger charge is 2.16. The fraction of sp³-hybridized carbons (Fsp3) is 0.0556. The number of nitrogens with zero attached hydrogens (tertiary/aromatic N) is 4. The third-order valence-electron chi connectivity index (χ3n) is 3.71. The Labute approximate surface area is 159 Å². The van der Waals surface area contributed by atoms with Crippen molar-refractivity contribution in [2.45, 2.75) is 4.84 Å². The minimum absolute atomic E-state index is 0.334. The number of aromatic nitrogens is 4. The van der Waals surface area contributed by atoms with Gasteiger partial charge in [-0.1, -0.05) is 65.1 Å². The van der Waals surface area contributed by atoms with Crippen molar-refractivity contribution < 1.29 is 0 Å². The van der Waals surface area contributed by atoms with Gasteiger partial charge >= 0.3 is 0 Å². The van der Waals surface area contributed by atoms with Gasteiger partial charge in [0.1, 0.15) is 0 Å². The Balaban J connectivity index is 1.96. The summed E-state index contributed by atoms with van der Waals surface area (Å²) in [5.74, 6) is 0.936. The predicted molar refractivity (Wildman–Crippen MR) is 101 cm³/mol. The molecule has 0 unspecified atom stereocenters. The van der Waals surface area contributed by atoms with Gasteiger partial charge in [-0.05, 0) is 24.3 Å². The van der Waals surface area contributed by atoms with Crippen LogP contribution in [0.25, 0.3) is 28.3 Å². The van der Waals surface area contributed by atoms with E-state index >= 15 is 0 Å². The van der Waals surface area contributed by atoms with Gasteiger partial charge in [-0.25, -0.2) is 9.97 Å². The number of hydrogen-bond donors (Lipinski definition) is 0. The van der Waals surface area contributed by atoms with Crippen LogP contribution in [0.15, 0.2) is 60.7 Å². The maximum absolute atomic E-state index is 6.00. The average molecular weight is 390 g/mol. The summed E-state index contributed by atoms with van der Waals surface area (Å²) in [5.41, 5.74) is 3.25. The summed E-state index contributed by atoms with van der Waals surface area (Å²) in [7, 11) is 0. The number of hydrogen-bond acceptors (Lipinski definition) is 3. The lowest BCUT2D eigenvalue weighted by Crippen LogP contribution is -2.04. The lowest BCUT2D eigenvalue weighted by molar-refractivity contribution is 0.874. The third kappa shape index (κ3) is 3.21. The highest BCUT2D eigenvalue weighted by atomic mass is 35.5. The van der Waals surface area contributed by atoms with E-state index in [0.717, 1.165) is 16.8 Å². The molecule has 0 aliphatic rings. The number of benzene rings is 2. The van der Waals surface area contributed by atoms with E-state index in [-0.39, 0.29) is 0 Å². The zero-order valence-corrected chi connectivity index (χ0v) is 15.0. The number of fused-ring (bicyclic) bond motifs is 1. The van der Waals surface area contributed by atoms with Gasteiger partial charge in [0.05, 0.1) is 5.69 Å². The van der Waals surface area contributed by atoms with E-state index in [2.05, 4.69) is 15.1 Å². The van der Waals surface area contributed by atoms with Gasteiger partial charge in [0.15, 0.2) is 22.1 Å². The van der Waals surface area contributed by atoms with Crippen molar-refractivity contribution in [3.63, 3.8) is 0 Å². The molecule has 0 aliphatic heterocycles. The molecule has 0 aliphatic carbocycles. The van der Waals surface area contributed by atoms with Crippen LogP contribution in [0.4, 0.5) is 0 Å². The molecule has 2 heterocycles. The highest BCUT2D eigenvalue weighted by molar-refractivity contribution is 6.43. The first kappa shape index (κ1) is 16.3. The van der Waals surface area contributed by atoms with Gasteiger partial charge in [-0.3, -0.25) is 0 Å². The van der Waals surface area contributed by atoms with Crippen molar-refractivity contribution in [3.8, 4) is 22.6 Å². The van der Waals surface area contributed by atoms with Crippen LogP contribution < -0.4 is 0 Å². The number of alkyl halides is 2. The normalized spacial score (nSPS) is 11.4. The molecule has 0 fully saturated rings. The van der Waals surface area contributed by atoms with Gasteiger partial charge in [-0.2, -0.15) is 9.61 Å². The van der Waals surface area contributed by atoms with Crippen LogP contribution in [0.3, 0.4) is 0 Å². The Hall–Kier alpha value is -2.14. The molecule has 0 saturated heterocycles. The van der Waals surface area contributed by atoms with Crippen LogP contribution in [0.1, 0.15) is 10.7 Å². The average Bonchev–Trinajstić information content (AvgIpc) is 3.06. The molecule has 25 heavy (non-hydrogen) atoms. The monoisotopic (exact) mass is 388 g/mol. The Morgan fingerprint density at radius 3 is 2.24 bits per heavy atom. The van der Waals surface area contributed by atoms with Crippen molar-refractivity contribution >= 4 is 40.4 Å². The maximum Gasteiger partial charge on any atom is 0.167 e. The largest absolute Gasteiger partial charge is 0.211 e. The zero-order valence-electron chi connectivity index (χ0n) is 12.8. The minimum atomic E-state index is -0.828. The molecule has 2 aromatic heterocycles. The molecule has 4 rings (SSSR count). The fourth-order valence-electron chi connectivity index (χ4n) is 2.54. The summed E-state index contributed by atoms with van der Waals surface area (Å²) in [4.78, 5) is 8.09. The molecule has 4 aromatic rings. The summed E-state index contributed by atoms with van der Waals surface area (Å²) in [6.07, 6.45) is 0. The van der Waals surface area contributed by atoms with Crippen molar-refractivity contribution in [3.05, 3.63) is 71.5 Å². The van der Waals surface area contributed by atoms with Gasteiger partial charge < -0.3 is 0 Å². The molecule has 7 heteroatoms. The van der Waals surface area contributed by atoms with Gasteiger partial charge in [0.2, 0.25) is 0 Å². The molecule has 124 valence electrons. The van der Waals surface area contributed by atoms with Crippen molar-refractivity contribution in [1.82, 2.24) is 19.6 Å². The second-order valence-electron chi connectivity index (χ2n) is 5.38. The zero-order chi connectivity index (χ0) is 17.4. The first-order valence-corrected chi connectivity index (χ1v) is 8.74. The first-order valence-electron chi connectivity index (χ1n) is 7.49. The lowest BCUT2D eigenvalue weighted by atomic mass is 10.2. The van der Waals surface area contributed by atoms with Gasteiger partial charge in [-0.15, -0.1) is 0 Å². The van der Waals surface area contributed by atoms with Crippen molar-refractivity contribution in [2.24, 2.45) is 0 Å². The van der Waals surface area contributed by atoms with E-state index in [9.17, 15) is 0 Å². The summed E-state index contributed by atoms with van der Waals surface area (Å²) in [6, 6.07) is 19.1. The van der Waals surface area contributed by atoms with E-state index in [4.69, 9.17) is 34.8 Å². The van der Waals surface area contributed by atoms with E-state index in [1.54, 1.807) is 16.6 Å². The SMILES string of the molecule is Clc1ccc(-c2nc(C(Cl)Cl)nc3cc(-c4ccccc4)nn23)cc1. The molecule has 0 saturated carbocycles. The molecule has 0 spiro atoms. The van der Waals surface area contributed by atoms with Gasteiger partial charge in [0.25, 0.3) is 0 Å². The molecule has 4 nitrogen and oxygen atoms in total. The molecule has 0 radical (unpaired) electrons. The fourth-order valence-corrected chi connectivity index (χ4v) is 2.86. The maximum atomic E-state index is 6.00. The van der Waals surface area contributed by atoms with Gasteiger partial charge in [0, 0.05) is 22.2 Å². The van der Waals surface area contributed by atoms with Crippen LogP contribution >= 0.6 is 34.8 Å². The second-order valence-corrected chi connectivity index (χ2v) is 6.91. The van der Waals surface area contributed by atoms with Crippen LogP contribution in [-0.2, 0) is 0 Å². The molecular weight excluding hydrogens is 379 g/mol. The Morgan fingerprint density at radius 2 is 1.56 bits per heavy atom. The quantitative estimate of drug-likeness (QED) is 0.429. The van der Waals surface area contributed by atoms with Crippen LogP contribution in [0, 0.1) is 0 Å². The number of rotatable bonds is 3. The standard InChI is InChI=1S/C18H11Cl3N4/c19-13-8-6-12(7-9-13)18-23-17(16(20)21)22-15-10-14(24-25(15)18)11-4-2-1-3-5-11/h1-10,16H. The molecule has 0 atom stereocenters. The second kappa shape index (κ2) is 6.64. The molecule has 0 N–H and O–H groups in total. The molecular formula is C18H11Cl3N4. The predicted octanol–water partition coefficient (Wildman–Crippen LogP) is 5.59. The smallest absolute Gasteiger partial charge is 0.167 e. The number of halogens is 3. The highest BCUT2D eigenvalue weighted by Crippen LogP contribution is 2.28. The Bertz CT molecular complexity index is 1030. The van der Waals surface area contributed by atoms with E-state index < -0.39 is 4.84 Å². The lowest BCUT2D eigenvalue weighted by Gasteiger charge is -2.07. The minimum Gasteiger partial charge on any atom is -0.211 e. The molecule has 0 amide bonds. The van der Waals surface area contributed by atoms with Crippen molar-refractivity contribution in [1.29, 1.82) is 0 Å². The summed E-state index contributed by atoms with van der Waals surface area (Å²) in [6.45, 7) is 0. The van der Waals surface area contributed by atoms with Crippen molar-refractivity contribution in [2.75, 3.05) is 0 Å².